The molecular formula is C19H20BrN5O4. The van der Waals surface area contributed by atoms with Gasteiger partial charge in [0, 0.05) is 24.1 Å². The zero-order chi connectivity index (χ0) is 20.0. The molecule has 2 saturated heterocycles. The average Bonchev–Trinajstić information content (AvgIpc) is 3.47. The quantitative estimate of drug-likeness (QED) is 0.616. The molecule has 2 aliphatic heterocycles. The first kappa shape index (κ1) is 18.6. The number of hydrogen-bond donors (Lipinski definition) is 1. The van der Waals surface area contributed by atoms with Crippen molar-refractivity contribution in [1.29, 1.82) is 0 Å². The van der Waals surface area contributed by atoms with Gasteiger partial charge < -0.3 is 14.3 Å². The van der Waals surface area contributed by atoms with E-state index in [1.807, 2.05) is 22.9 Å². The Morgan fingerprint density at radius 3 is 2.90 bits per heavy atom. The van der Waals surface area contributed by atoms with Crippen molar-refractivity contribution in [2.75, 3.05) is 13.2 Å². The molecule has 0 saturated carbocycles. The van der Waals surface area contributed by atoms with E-state index < -0.39 is 6.09 Å². The van der Waals surface area contributed by atoms with Crippen LogP contribution in [0.25, 0.3) is 22.4 Å². The Hall–Kier alpha value is -2.46. The van der Waals surface area contributed by atoms with Crippen LogP contribution in [0.4, 0.5) is 4.79 Å². The normalized spacial score (nSPS) is 22.4. The first-order valence-electron chi connectivity index (χ1n) is 9.74. The minimum Gasteiger partial charge on any atom is -0.465 e. The molecule has 5 rings (SSSR count). The van der Waals surface area contributed by atoms with Crippen LogP contribution in [0.5, 0.6) is 0 Å². The number of amides is 1. The van der Waals surface area contributed by atoms with Gasteiger partial charge in [0.25, 0.3) is 0 Å². The Kier molecular flexibility index (Phi) is 4.75. The minimum atomic E-state index is -0.963. The van der Waals surface area contributed by atoms with E-state index in [1.54, 1.807) is 0 Å². The summed E-state index contributed by atoms with van der Waals surface area (Å²) in [4.78, 5) is 12.7. The van der Waals surface area contributed by atoms with E-state index in [4.69, 9.17) is 9.15 Å². The molecule has 1 amide bonds. The van der Waals surface area contributed by atoms with Gasteiger partial charge in [-0.25, -0.2) is 9.48 Å². The second-order valence-electron chi connectivity index (χ2n) is 7.37. The molecule has 10 heteroatoms. The van der Waals surface area contributed by atoms with Gasteiger partial charge in [-0.2, -0.15) is 5.10 Å². The summed E-state index contributed by atoms with van der Waals surface area (Å²) in [6, 6.07) is 5.46. The number of carboxylic acid groups (broad SMARTS) is 1. The van der Waals surface area contributed by atoms with Crippen LogP contribution in [0, 0.1) is 0 Å². The molecule has 0 spiro atoms. The molecule has 2 aromatic heterocycles. The van der Waals surface area contributed by atoms with Gasteiger partial charge in [-0.05, 0) is 66.2 Å². The molecule has 1 aromatic carbocycles. The van der Waals surface area contributed by atoms with Gasteiger partial charge in [-0.1, -0.05) is 0 Å². The third-order valence-electron chi connectivity index (χ3n) is 5.56. The molecule has 3 aromatic rings. The summed E-state index contributed by atoms with van der Waals surface area (Å²) in [5, 5.41) is 23.2. The number of nitrogens with zero attached hydrogens (tertiary/aromatic N) is 5. The molecule has 0 radical (unpaired) electrons. The highest BCUT2D eigenvalue weighted by atomic mass is 79.9. The largest absolute Gasteiger partial charge is 0.465 e. The van der Waals surface area contributed by atoms with Crippen LogP contribution in [-0.4, -0.2) is 49.2 Å². The maximum atomic E-state index is 11.4. The van der Waals surface area contributed by atoms with Crippen molar-refractivity contribution in [3.05, 3.63) is 28.7 Å². The van der Waals surface area contributed by atoms with Gasteiger partial charge in [-0.3, -0.25) is 4.90 Å². The molecule has 9 nitrogen and oxygen atoms in total. The van der Waals surface area contributed by atoms with Crippen molar-refractivity contribution in [2.45, 2.75) is 44.4 Å². The molecule has 152 valence electrons. The second kappa shape index (κ2) is 7.42. The van der Waals surface area contributed by atoms with Crippen LogP contribution in [0.3, 0.4) is 0 Å². The lowest BCUT2D eigenvalue weighted by molar-refractivity contribution is -0.0368. The van der Waals surface area contributed by atoms with Crippen LogP contribution >= 0.6 is 15.9 Å². The lowest BCUT2D eigenvalue weighted by Gasteiger charge is -2.23. The third kappa shape index (κ3) is 3.29. The summed E-state index contributed by atoms with van der Waals surface area (Å²) >= 11 is 3.55. The molecule has 2 atom stereocenters. The number of fused-ring (bicyclic) bond motifs is 1. The highest BCUT2D eigenvalue weighted by molar-refractivity contribution is 9.10. The predicted octanol–water partition coefficient (Wildman–Crippen LogP) is 4.36. The molecule has 0 aliphatic carbocycles. The number of carbonyl (C=O) groups is 1. The number of halogens is 1. The Morgan fingerprint density at radius 1 is 1.21 bits per heavy atom. The van der Waals surface area contributed by atoms with Gasteiger partial charge in [0.2, 0.25) is 11.8 Å². The molecule has 4 heterocycles. The van der Waals surface area contributed by atoms with Crippen molar-refractivity contribution in [3.8, 4) is 11.5 Å². The van der Waals surface area contributed by atoms with E-state index in [0.29, 0.717) is 24.7 Å². The third-order valence-corrected chi connectivity index (χ3v) is 6.15. The zero-order valence-electron chi connectivity index (χ0n) is 15.6. The van der Waals surface area contributed by atoms with Gasteiger partial charge in [0.1, 0.15) is 10.6 Å². The van der Waals surface area contributed by atoms with Crippen molar-refractivity contribution < 1.29 is 19.1 Å². The SMILES string of the molecule is O=C(O)N1CCCC1c1nnc(-c2ccc3c(c2)c(Br)nn3C2CCCCO2)o1. The van der Waals surface area contributed by atoms with Gasteiger partial charge in [0.15, 0.2) is 6.23 Å². The lowest BCUT2D eigenvalue weighted by atomic mass is 10.1. The van der Waals surface area contributed by atoms with Crippen LogP contribution in [0.2, 0.25) is 0 Å². The molecule has 2 unspecified atom stereocenters. The van der Waals surface area contributed by atoms with Gasteiger partial charge in [0.05, 0.1) is 5.52 Å². The number of rotatable bonds is 3. The van der Waals surface area contributed by atoms with Crippen molar-refractivity contribution in [2.24, 2.45) is 0 Å². The fourth-order valence-electron chi connectivity index (χ4n) is 4.11. The second-order valence-corrected chi connectivity index (χ2v) is 8.12. The summed E-state index contributed by atoms with van der Waals surface area (Å²) in [7, 11) is 0. The molecule has 2 aliphatic rings. The molecule has 0 bridgehead atoms. The molecule has 1 N–H and O–H groups in total. The van der Waals surface area contributed by atoms with Crippen molar-refractivity contribution in [3.63, 3.8) is 0 Å². The van der Waals surface area contributed by atoms with Crippen LogP contribution in [0.1, 0.15) is 50.3 Å². The zero-order valence-corrected chi connectivity index (χ0v) is 17.2. The monoisotopic (exact) mass is 461 g/mol. The van der Waals surface area contributed by atoms with E-state index in [-0.39, 0.29) is 12.3 Å². The van der Waals surface area contributed by atoms with E-state index in [0.717, 1.165) is 53.4 Å². The number of likely N-dealkylation sites (tertiary alicyclic amines) is 1. The Bertz CT molecular complexity index is 1060. The summed E-state index contributed by atoms with van der Waals surface area (Å²) < 4.78 is 14.4. The fourth-order valence-corrected chi connectivity index (χ4v) is 4.60. The predicted molar refractivity (Wildman–Crippen MR) is 106 cm³/mol. The average molecular weight is 462 g/mol. The maximum Gasteiger partial charge on any atom is 0.407 e. The Labute approximate surface area is 174 Å². The van der Waals surface area contributed by atoms with Crippen LogP contribution in [0.15, 0.2) is 27.2 Å². The van der Waals surface area contributed by atoms with Crippen LogP contribution in [-0.2, 0) is 4.74 Å². The minimum absolute atomic E-state index is 0.0530. The van der Waals surface area contributed by atoms with Gasteiger partial charge >= 0.3 is 6.09 Å². The highest BCUT2D eigenvalue weighted by Gasteiger charge is 2.34. The van der Waals surface area contributed by atoms with E-state index in [9.17, 15) is 9.90 Å². The highest BCUT2D eigenvalue weighted by Crippen LogP contribution is 2.35. The Morgan fingerprint density at radius 2 is 2.10 bits per heavy atom. The summed E-state index contributed by atoms with van der Waals surface area (Å²) in [6.07, 6.45) is 3.61. The lowest BCUT2D eigenvalue weighted by Crippen LogP contribution is -2.28. The van der Waals surface area contributed by atoms with E-state index >= 15 is 0 Å². The summed E-state index contributed by atoms with van der Waals surface area (Å²) in [5.74, 6) is 0.707. The van der Waals surface area contributed by atoms with E-state index in [2.05, 4.69) is 31.2 Å². The van der Waals surface area contributed by atoms with Crippen LogP contribution < -0.4 is 0 Å². The molecule has 29 heavy (non-hydrogen) atoms. The fraction of sp³-hybridized carbons (Fsp3) is 0.474. The van der Waals surface area contributed by atoms with E-state index in [1.165, 1.54) is 4.90 Å². The molecular weight excluding hydrogens is 442 g/mol. The van der Waals surface area contributed by atoms with Crippen molar-refractivity contribution >= 4 is 32.9 Å². The number of hydrogen-bond acceptors (Lipinski definition) is 6. The van der Waals surface area contributed by atoms with Crippen molar-refractivity contribution in [1.82, 2.24) is 24.9 Å². The smallest absolute Gasteiger partial charge is 0.407 e. The molecule has 2 fully saturated rings. The summed E-state index contributed by atoms with van der Waals surface area (Å²) in [6.45, 7) is 1.24. The summed E-state index contributed by atoms with van der Waals surface area (Å²) in [5.41, 5.74) is 1.74. The maximum absolute atomic E-state index is 11.4. The first-order chi connectivity index (χ1) is 14.1. The number of aromatic nitrogens is 4. The topological polar surface area (TPSA) is 107 Å². The van der Waals surface area contributed by atoms with Gasteiger partial charge in [-0.15, -0.1) is 10.2 Å². The number of benzene rings is 1. The Balaban J connectivity index is 1.46. The first-order valence-corrected chi connectivity index (χ1v) is 10.5. The number of ether oxygens (including phenoxy) is 1. The standard InChI is InChI=1S/C19H20BrN5O4/c20-16-12-10-11(6-7-13(12)25(23-16)15-5-1-2-9-28-15)17-21-22-18(29-17)14-4-3-8-24(14)19(26)27/h6-7,10,14-15H,1-5,8-9H2,(H,26,27).